The highest BCUT2D eigenvalue weighted by molar-refractivity contribution is 9.10. The van der Waals surface area contributed by atoms with Crippen molar-refractivity contribution in [3.8, 4) is 0 Å². The summed E-state index contributed by atoms with van der Waals surface area (Å²) in [5.41, 5.74) is 7.51. The molecule has 3 N–H and O–H groups in total. The van der Waals surface area contributed by atoms with Crippen LogP contribution in [0.4, 0.5) is 0 Å². The molecule has 2 nitrogen and oxygen atoms in total. The monoisotopic (exact) mass is 268 g/mol. The Morgan fingerprint density at radius 2 is 2.33 bits per heavy atom. The second-order valence-corrected chi connectivity index (χ2v) is 5.10. The minimum absolute atomic E-state index is 0.162. The van der Waals surface area contributed by atoms with Crippen molar-refractivity contribution in [2.45, 2.75) is 18.9 Å². The normalized spacial score (nSPS) is 23.7. The minimum atomic E-state index is 0.162. The summed E-state index contributed by atoms with van der Waals surface area (Å²) in [6, 6.07) is 8.49. The molecule has 0 spiro atoms. The number of benzene rings is 1. The lowest BCUT2D eigenvalue weighted by molar-refractivity contribution is 0.326. The van der Waals surface area contributed by atoms with Gasteiger partial charge in [0.2, 0.25) is 0 Å². The van der Waals surface area contributed by atoms with Gasteiger partial charge in [-0.05, 0) is 49.5 Å². The summed E-state index contributed by atoms with van der Waals surface area (Å²) in [4.78, 5) is 0. The van der Waals surface area contributed by atoms with E-state index in [0.29, 0.717) is 5.92 Å². The zero-order valence-corrected chi connectivity index (χ0v) is 10.3. The molecule has 0 amide bonds. The summed E-state index contributed by atoms with van der Waals surface area (Å²) < 4.78 is 1.11. The lowest BCUT2D eigenvalue weighted by Crippen LogP contribution is -2.36. The molecule has 1 saturated heterocycles. The molecule has 0 bridgehead atoms. The average molecular weight is 269 g/mol. The van der Waals surface area contributed by atoms with Crippen molar-refractivity contribution in [3.63, 3.8) is 0 Å². The van der Waals surface area contributed by atoms with Crippen LogP contribution in [0.15, 0.2) is 28.7 Å². The highest BCUT2D eigenvalue weighted by Crippen LogP contribution is 2.26. The third-order valence-corrected chi connectivity index (χ3v) is 3.57. The van der Waals surface area contributed by atoms with Gasteiger partial charge in [-0.25, -0.2) is 0 Å². The first-order valence-electron chi connectivity index (χ1n) is 5.49. The van der Waals surface area contributed by atoms with Crippen molar-refractivity contribution in [1.82, 2.24) is 5.32 Å². The van der Waals surface area contributed by atoms with Crippen LogP contribution in [0.1, 0.15) is 24.4 Å². The summed E-state index contributed by atoms with van der Waals surface area (Å²) >= 11 is 3.48. The molecule has 0 radical (unpaired) electrons. The van der Waals surface area contributed by atoms with E-state index in [4.69, 9.17) is 5.73 Å². The van der Waals surface area contributed by atoms with E-state index in [0.717, 1.165) is 17.6 Å². The summed E-state index contributed by atoms with van der Waals surface area (Å²) in [5, 5.41) is 3.41. The molecule has 1 heterocycles. The molecule has 15 heavy (non-hydrogen) atoms. The molecule has 2 atom stereocenters. The summed E-state index contributed by atoms with van der Waals surface area (Å²) in [7, 11) is 0. The molecule has 1 aliphatic rings. The van der Waals surface area contributed by atoms with Crippen LogP contribution in [0.3, 0.4) is 0 Å². The Hall–Kier alpha value is -0.380. The number of halogens is 1. The van der Waals surface area contributed by atoms with Crippen LogP contribution in [0.5, 0.6) is 0 Å². The fraction of sp³-hybridized carbons (Fsp3) is 0.500. The highest BCUT2D eigenvalue weighted by Gasteiger charge is 2.21. The smallest absolute Gasteiger partial charge is 0.0336 e. The molecule has 0 aliphatic carbocycles. The Morgan fingerprint density at radius 1 is 1.47 bits per heavy atom. The number of piperidine rings is 1. The van der Waals surface area contributed by atoms with Crippen LogP contribution < -0.4 is 11.1 Å². The van der Waals surface area contributed by atoms with Crippen molar-refractivity contribution >= 4 is 15.9 Å². The SMILES string of the molecule is NC(c1cccc(Br)c1)C1CCCNC1. The molecule has 82 valence electrons. The Bertz CT molecular complexity index is 321. The second-order valence-electron chi connectivity index (χ2n) is 4.19. The van der Waals surface area contributed by atoms with Gasteiger partial charge in [0.25, 0.3) is 0 Å². The van der Waals surface area contributed by atoms with Crippen molar-refractivity contribution in [1.29, 1.82) is 0 Å². The van der Waals surface area contributed by atoms with E-state index < -0.39 is 0 Å². The molecular formula is C12H17BrN2. The van der Waals surface area contributed by atoms with E-state index in [9.17, 15) is 0 Å². The maximum Gasteiger partial charge on any atom is 0.0336 e. The standard InChI is InChI=1S/C12H17BrN2/c13-11-5-1-3-9(7-11)12(14)10-4-2-6-15-8-10/h1,3,5,7,10,12,15H,2,4,6,8,14H2. The van der Waals surface area contributed by atoms with Crippen LogP contribution in [0.2, 0.25) is 0 Å². The Labute approximate surface area is 99.4 Å². The predicted octanol–water partition coefficient (Wildman–Crippen LogP) is 2.45. The van der Waals surface area contributed by atoms with Crippen LogP contribution >= 0.6 is 15.9 Å². The summed E-state index contributed by atoms with van der Waals surface area (Å²) in [6.07, 6.45) is 2.48. The Kier molecular flexibility index (Phi) is 3.78. The Balaban J connectivity index is 2.08. The molecule has 1 fully saturated rings. The maximum atomic E-state index is 6.28. The minimum Gasteiger partial charge on any atom is -0.324 e. The van der Waals surface area contributed by atoms with Gasteiger partial charge in [-0.3, -0.25) is 0 Å². The van der Waals surface area contributed by atoms with E-state index in [-0.39, 0.29) is 6.04 Å². The first kappa shape index (κ1) is 11.1. The average Bonchev–Trinajstić information content (AvgIpc) is 2.29. The van der Waals surface area contributed by atoms with Gasteiger partial charge in [0.1, 0.15) is 0 Å². The number of rotatable bonds is 2. The van der Waals surface area contributed by atoms with Crippen LogP contribution in [-0.2, 0) is 0 Å². The van der Waals surface area contributed by atoms with Gasteiger partial charge in [-0.2, -0.15) is 0 Å². The molecule has 1 aromatic carbocycles. The van der Waals surface area contributed by atoms with Crippen molar-refractivity contribution in [2.24, 2.45) is 11.7 Å². The van der Waals surface area contributed by atoms with Gasteiger partial charge < -0.3 is 11.1 Å². The van der Waals surface area contributed by atoms with Gasteiger partial charge in [-0.15, -0.1) is 0 Å². The molecule has 0 aromatic heterocycles. The molecule has 0 saturated carbocycles. The highest BCUT2D eigenvalue weighted by atomic mass is 79.9. The number of hydrogen-bond donors (Lipinski definition) is 2. The maximum absolute atomic E-state index is 6.28. The predicted molar refractivity (Wildman–Crippen MR) is 66.7 cm³/mol. The van der Waals surface area contributed by atoms with Crippen LogP contribution in [-0.4, -0.2) is 13.1 Å². The number of hydrogen-bond acceptors (Lipinski definition) is 2. The van der Waals surface area contributed by atoms with Gasteiger partial charge in [0.15, 0.2) is 0 Å². The third kappa shape index (κ3) is 2.80. The van der Waals surface area contributed by atoms with Crippen molar-refractivity contribution < 1.29 is 0 Å². The lowest BCUT2D eigenvalue weighted by atomic mass is 9.88. The van der Waals surface area contributed by atoms with Crippen LogP contribution in [0.25, 0.3) is 0 Å². The van der Waals surface area contributed by atoms with E-state index in [1.165, 1.54) is 18.4 Å². The van der Waals surface area contributed by atoms with Gasteiger partial charge in [0.05, 0.1) is 0 Å². The quantitative estimate of drug-likeness (QED) is 0.865. The lowest BCUT2D eigenvalue weighted by Gasteiger charge is -2.28. The second kappa shape index (κ2) is 5.10. The zero-order chi connectivity index (χ0) is 10.7. The fourth-order valence-electron chi connectivity index (χ4n) is 2.17. The van der Waals surface area contributed by atoms with Crippen molar-refractivity contribution in [3.05, 3.63) is 34.3 Å². The van der Waals surface area contributed by atoms with E-state index in [2.05, 4.69) is 39.4 Å². The largest absolute Gasteiger partial charge is 0.324 e. The molecule has 1 aromatic rings. The van der Waals surface area contributed by atoms with Crippen LogP contribution in [0, 0.1) is 5.92 Å². The third-order valence-electron chi connectivity index (χ3n) is 3.08. The van der Waals surface area contributed by atoms with Gasteiger partial charge in [0, 0.05) is 10.5 Å². The number of nitrogens with two attached hydrogens (primary N) is 1. The van der Waals surface area contributed by atoms with E-state index >= 15 is 0 Å². The fourth-order valence-corrected chi connectivity index (χ4v) is 2.59. The molecular weight excluding hydrogens is 252 g/mol. The summed E-state index contributed by atoms with van der Waals surface area (Å²) in [5.74, 6) is 0.577. The van der Waals surface area contributed by atoms with E-state index in [1.807, 2.05) is 6.07 Å². The Morgan fingerprint density at radius 3 is 3.00 bits per heavy atom. The molecule has 2 unspecified atom stereocenters. The first-order chi connectivity index (χ1) is 7.27. The van der Waals surface area contributed by atoms with Gasteiger partial charge in [-0.1, -0.05) is 28.1 Å². The topological polar surface area (TPSA) is 38.0 Å². The summed E-state index contributed by atoms with van der Waals surface area (Å²) in [6.45, 7) is 2.19. The van der Waals surface area contributed by atoms with Gasteiger partial charge >= 0.3 is 0 Å². The molecule has 3 heteroatoms. The first-order valence-corrected chi connectivity index (χ1v) is 6.28. The zero-order valence-electron chi connectivity index (χ0n) is 8.75. The number of nitrogens with one attached hydrogen (secondary N) is 1. The van der Waals surface area contributed by atoms with E-state index in [1.54, 1.807) is 0 Å². The van der Waals surface area contributed by atoms with Crippen molar-refractivity contribution in [2.75, 3.05) is 13.1 Å². The molecule has 2 rings (SSSR count). The molecule has 1 aliphatic heterocycles.